The van der Waals surface area contributed by atoms with E-state index in [-0.39, 0.29) is 18.1 Å². The molecule has 1 amide bonds. The fraction of sp³-hybridized carbons (Fsp3) is 0.368. The Morgan fingerprint density at radius 3 is 2.60 bits per heavy atom. The number of nitrogens with zero attached hydrogens (tertiary/aromatic N) is 1. The zero-order valence-corrected chi connectivity index (χ0v) is 16.1. The highest BCUT2D eigenvalue weighted by Crippen LogP contribution is 2.21. The van der Waals surface area contributed by atoms with E-state index in [1.807, 2.05) is 32.0 Å². The fourth-order valence-corrected chi connectivity index (χ4v) is 2.91. The van der Waals surface area contributed by atoms with Crippen molar-refractivity contribution in [1.82, 2.24) is 9.88 Å². The number of ether oxygens (including phenoxy) is 1. The van der Waals surface area contributed by atoms with Gasteiger partial charge in [0.05, 0.1) is 0 Å². The first kappa shape index (κ1) is 19.2. The number of hydrogen-bond donors (Lipinski definition) is 1. The van der Waals surface area contributed by atoms with E-state index in [0.717, 1.165) is 34.2 Å². The zero-order chi connectivity index (χ0) is 18.2. The van der Waals surface area contributed by atoms with Crippen molar-refractivity contribution in [2.45, 2.75) is 33.2 Å². The number of amides is 1. The Kier molecular flexibility index (Phi) is 7.25. The highest BCUT2D eigenvalue weighted by atomic mass is 79.9. The summed E-state index contributed by atoms with van der Waals surface area (Å²) in [6, 6.07) is 9.16. The van der Waals surface area contributed by atoms with Gasteiger partial charge in [-0.1, -0.05) is 18.2 Å². The van der Waals surface area contributed by atoms with Crippen molar-refractivity contribution in [3.05, 3.63) is 62.5 Å². The fourth-order valence-electron chi connectivity index (χ4n) is 2.53. The maximum Gasteiger partial charge on any atom is 0.257 e. The van der Waals surface area contributed by atoms with E-state index in [9.17, 15) is 9.59 Å². The van der Waals surface area contributed by atoms with Crippen LogP contribution in [-0.4, -0.2) is 23.6 Å². The van der Waals surface area contributed by atoms with Gasteiger partial charge in [-0.05, 0) is 59.8 Å². The molecule has 1 aromatic carbocycles. The van der Waals surface area contributed by atoms with E-state index >= 15 is 0 Å². The van der Waals surface area contributed by atoms with Crippen molar-refractivity contribution >= 4 is 21.8 Å². The first-order valence-electron chi connectivity index (χ1n) is 8.29. The van der Waals surface area contributed by atoms with E-state index in [1.165, 1.54) is 6.07 Å². The Hall–Kier alpha value is -2.08. The average molecular weight is 407 g/mol. The number of unbranched alkanes of at least 4 members (excludes halogenated alkanes) is 1. The molecule has 1 heterocycles. The molecule has 6 heteroatoms. The summed E-state index contributed by atoms with van der Waals surface area (Å²) in [7, 11) is 0. The Balaban J connectivity index is 1.67. The van der Waals surface area contributed by atoms with Gasteiger partial charge in [0.2, 0.25) is 0 Å². The van der Waals surface area contributed by atoms with Crippen LogP contribution in [-0.2, 0) is 11.3 Å². The third-order valence-corrected chi connectivity index (χ3v) is 4.32. The second kappa shape index (κ2) is 9.42. The zero-order valence-electron chi connectivity index (χ0n) is 14.5. The van der Waals surface area contributed by atoms with Gasteiger partial charge in [0.25, 0.3) is 11.5 Å². The number of pyridine rings is 1. The lowest BCUT2D eigenvalue weighted by Crippen LogP contribution is -2.30. The van der Waals surface area contributed by atoms with Crippen molar-refractivity contribution in [3.8, 4) is 5.75 Å². The van der Waals surface area contributed by atoms with Crippen molar-refractivity contribution in [3.63, 3.8) is 0 Å². The summed E-state index contributed by atoms with van der Waals surface area (Å²) in [4.78, 5) is 23.5. The van der Waals surface area contributed by atoms with E-state index in [0.29, 0.717) is 13.1 Å². The maximum absolute atomic E-state index is 11.9. The van der Waals surface area contributed by atoms with E-state index in [2.05, 4.69) is 21.2 Å². The van der Waals surface area contributed by atoms with Gasteiger partial charge in [-0.2, -0.15) is 0 Å². The normalized spacial score (nSPS) is 10.5. The monoisotopic (exact) mass is 406 g/mol. The topological polar surface area (TPSA) is 60.3 Å². The molecule has 2 rings (SSSR count). The highest BCUT2D eigenvalue weighted by Gasteiger charge is 2.06. The van der Waals surface area contributed by atoms with Gasteiger partial charge >= 0.3 is 0 Å². The third kappa shape index (κ3) is 6.05. The number of nitrogens with one attached hydrogen (secondary N) is 1. The Morgan fingerprint density at radius 2 is 1.88 bits per heavy atom. The predicted molar refractivity (Wildman–Crippen MR) is 102 cm³/mol. The minimum atomic E-state index is -0.137. The van der Waals surface area contributed by atoms with Gasteiger partial charge in [-0.3, -0.25) is 9.59 Å². The summed E-state index contributed by atoms with van der Waals surface area (Å²) < 4.78 is 8.16. The highest BCUT2D eigenvalue weighted by molar-refractivity contribution is 9.10. The van der Waals surface area contributed by atoms with E-state index < -0.39 is 0 Å². The molecule has 0 unspecified atom stereocenters. The van der Waals surface area contributed by atoms with Gasteiger partial charge < -0.3 is 14.6 Å². The van der Waals surface area contributed by atoms with Crippen molar-refractivity contribution in [2.24, 2.45) is 0 Å². The smallest absolute Gasteiger partial charge is 0.257 e. The van der Waals surface area contributed by atoms with Crippen LogP contribution in [0.15, 0.2) is 45.8 Å². The van der Waals surface area contributed by atoms with Crippen LogP contribution in [0.1, 0.15) is 24.0 Å². The minimum absolute atomic E-state index is 0.0107. The molecular weight excluding hydrogens is 384 g/mol. The summed E-state index contributed by atoms with van der Waals surface area (Å²) in [6.45, 7) is 5.13. The third-order valence-electron chi connectivity index (χ3n) is 3.85. The SMILES string of the molecule is Cc1cccc(C)c1OCC(=O)NCCCCn1cc(Br)ccc1=O. The second-order valence-electron chi connectivity index (χ2n) is 5.95. The van der Waals surface area contributed by atoms with Crippen molar-refractivity contribution < 1.29 is 9.53 Å². The molecule has 0 saturated carbocycles. The molecule has 1 aromatic heterocycles. The molecule has 0 spiro atoms. The molecule has 25 heavy (non-hydrogen) atoms. The van der Waals surface area contributed by atoms with Gasteiger partial charge in [-0.25, -0.2) is 0 Å². The Bertz CT molecular complexity index is 766. The molecule has 0 radical (unpaired) electrons. The number of carbonyl (C=O) groups is 1. The molecule has 134 valence electrons. The van der Waals surface area contributed by atoms with Crippen LogP contribution in [0.2, 0.25) is 0 Å². The molecule has 2 aromatic rings. The second-order valence-corrected chi connectivity index (χ2v) is 6.86. The molecule has 0 atom stereocenters. The standard InChI is InChI=1S/C19H23BrN2O3/c1-14-6-5-7-15(2)19(14)25-13-17(23)21-10-3-4-11-22-12-16(20)8-9-18(22)24/h5-9,12H,3-4,10-11,13H2,1-2H3,(H,21,23). The number of para-hydroxylation sites is 1. The number of aryl methyl sites for hydroxylation is 3. The molecular formula is C19H23BrN2O3. The molecule has 0 aliphatic carbocycles. The quantitative estimate of drug-likeness (QED) is 0.684. The van der Waals surface area contributed by atoms with Crippen LogP contribution in [0, 0.1) is 13.8 Å². The lowest BCUT2D eigenvalue weighted by atomic mass is 10.1. The van der Waals surface area contributed by atoms with E-state index in [1.54, 1.807) is 16.8 Å². The molecule has 5 nitrogen and oxygen atoms in total. The first-order chi connectivity index (χ1) is 12.0. The summed E-state index contributed by atoms with van der Waals surface area (Å²) in [6.07, 6.45) is 3.39. The average Bonchev–Trinajstić information content (AvgIpc) is 2.57. The molecule has 0 aliphatic rings. The van der Waals surface area contributed by atoms with Crippen LogP contribution in [0.4, 0.5) is 0 Å². The number of carbonyl (C=O) groups excluding carboxylic acids is 1. The number of aromatic nitrogens is 1. The van der Waals surface area contributed by atoms with E-state index in [4.69, 9.17) is 4.74 Å². The maximum atomic E-state index is 11.9. The molecule has 0 bridgehead atoms. The van der Waals surface area contributed by atoms with Gasteiger partial charge in [-0.15, -0.1) is 0 Å². The van der Waals surface area contributed by atoms with Gasteiger partial charge in [0, 0.05) is 29.8 Å². The van der Waals surface area contributed by atoms with Crippen molar-refractivity contribution in [2.75, 3.05) is 13.2 Å². The molecule has 0 aliphatic heterocycles. The molecule has 1 N–H and O–H groups in total. The summed E-state index contributed by atoms with van der Waals surface area (Å²) >= 11 is 3.35. The number of rotatable bonds is 8. The molecule has 0 fully saturated rings. The number of benzene rings is 1. The summed E-state index contributed by atoms with van der Waals surface area (Å²) in [5.41, 5.74) is 2.02. The first-order valence-corrected chi connectivity index (χ1v) is 9.08. The summed E-state index contributed by atoms with van der Waals surface area (Å²) in [5, 5.41) is 2.84. The largest absolute Gasteiger partial charge is 0.483 e. The predicted octanol–water partition coefficient (Wildman–Crippen LogP) is 3.20. The summed E-state index contributed by atoms with van der Waals surface area (Å²) in [5.74, 6) is 0.633. The van der Waals surface area contributed by atoms with Gasteiger partial charge in [0.15, 0.2) is 6.61 Å². The lowest BCUT2D eigenvalue weighted by Gasteiger charge is -2.12. The number of hydrogen-bond acceptors (Lipinski definition) is 3. The lowest BCUT2D eigenvalue weighted by molar-refractivity contribution is -0.123. The minimum Gasteiger partial charge on any atom is -0.483 e. The van der Waals surface area contributed by atoms with Crippen LogP contribution < -0.4 is 15.6 Å². The Morgan fingerprint density at radius 1 is 1.16 bits per heavy atom. The Labute approximate surface area is 156 Å². The van der Waals surface area contributed by atoms with Gasteiger partial charge in [0.1, 0.15) is 5.75 Å². The van der Waals surface area contributed by atoms with Crippen LogP contribution in [0.3, 0.4) is 0 Å². The molecule has 0 saturated heterocycles. The van der Waals surface area contributed by atoms with Crippen LogP contribution >= 0.6 is 15.9 Å². The van der Waals surface area contributed by atoms with Crippen LogP contribution in [0.5, 0.6) is 5.75 Å². The van der Waals surface area contributed by atoms with Crippen LogP contribution in [0.25, 0.3) is 0 Å². The number of halogens is 1. The van der Waals surface area contributed by atoms with Crippen molar-refractivity contribution in [1.29, 1.82) is 0 Å².